The van der Waals surface area contributed by atoms with Crippen molar-refractivity contribution in [2.45, 2.75) is 26.3 Å². The zero-order valence-corrected chi connectivity index (χ0v) is 16.7. The molecule has 2 aromatic carbocycles. The van der Waals surface area contributed by atoms with E-state index < -0.39 is 0 Å². The average molecular weight is 394 g/mol. The number of ether oxygens (including phenoxy) is 1. The summed E-state index contributed by atoms with van der Waals surface area (Å²) in [6, 6.07) is 11.4. The number of phenolic OH excluding ortho intramolecular Hbond substituents is 2. The molecule has 0 radical (unpaired) electrons. The van der Waals surface area contributed by atoms with Crippen molar-refractivity contribution >= 4 is 0 Å². The van der Waals surface area contributed by atoms with Gasteiger partial charge in [0.05, 0.1) is 19.4 Å². The summed E-state index contributed by atoms with van der Waals surface area (Å²) in [5.41, 5.74) is 4.18. The second kappa shape index (κ2) is 8.23. The van der Waals surface area contributed by atoms with Gasteiger partial charge < -0.3 is 14.9 Å². The molecule has 0 aliphatic carbocycles. The predicted molar refractivity (Wildman–Crippen MR) is 110 cm³/mol. The van der Waals surface area contributed by atoms with Crippen molar-refractivity contribution in [2.75, 3.05) is 26.3 Å². The molecule has 1 aliphatic heterocycles. The van der Waals surface area contributed by atoms with Gasteiger partial charge in [-0.25, -0.2) is 4.68 Å². The summed E-state index contributed by atoms with van der Waals surface area (Å²) < 4.78 is 6.94. The lowest BCUT2D eigenvalue weighted by Gasteiger charge is -2.26. The number of morpholine rings is 1. The molecule has 2 N–H and O–H groups in total. The number of hydrogen-bond donors (Lipinski definition) is 2. The minimum atomic E-state index is -0.0378. The van der Waals surface area contributed by atoms with Crippen molar-refractivity contribution < 1.29 is 14.9 Å². The van der Waals surface area contributed by atoms with Crippen LogP contribution in [0.15, 0.2) is 42.6 Å². The second-order valence-corrected chi connectivity index (χ2v) is 7.69. The van der Waals surface area contributed by atoms with Crippen LogP contribution in [0.1, 0.15) is 30.9 Å². The van der Waals surface area contributed by atoms with Crippen LogP contribution < -0.4 is 0 Å². The quantitative estimate of drug-likeness (QED) is 0.691. The van der Waals surface area contributed by atoms with Crippen molar-refractivity contribution in [3.05, 3.63) is 53.7 Å². The van der Waals surface area contributed by atoms with E-state index in [0.717, 1.165) is 49.7 Å². The molecule has 1 aliphatic rings. The first-order valence-electron chi connectivity index (χ1n) is 9.89. The highest BCUT2D eigenvalue weighted by molar-refractivity contribution is 5.60. The van der Waals surface area contributed by atoms with E-state index in [-0.39, 0.29) is 17.4 Å². The molecule has 1 aromatic heterocycles. The van der Waals surface area contributed by atoms with Crippen molar-refractivity contribution in [2.24, 2.45) is 0 Å². The lowest BCUT2D eigenvalue weighted by molar-refractivity contribution is 0.0342. The first-order chi connectivity index (χ1) is 14.0. The molecule has 152 valence electrons. The van der Waals surface area contributed by atoms with Gasteiger partial charge in [0.25, 0.3) is 0 Å². The van der Waals surface area contributed by atoms with E-state index in [0.29, 0.717) is 5.69 Å². The summed E-state index contributed by atoms with van der Waals surface area (Å²) in [6.45, 7) is 8.40. The molecular formula is C22H26N4O3. The normalized spacial score (nSPS) is 15.1. The summed E-state index contributed by atoms with van der Waals surface area (Å²) in [6.07, 6.45) is 1.78. The van der Waals surface area contributed by atoms with E-state index in [1.54, 1.807) is 12.3 Å². The Bertz CT molecular complexity index is 976. The molecular weight excluding hydrogens is 368 g/mol. The maximum absolute atomic E-state index is 10.3. The summed E-state index contributed by atoms with van der Waals surface area (Å²) in [7, 11) is 0. The zero-order chi connectivity index (χ0) is 20.4. The van der Waals surface area contributed by atoms with Crippen molar-refractivity contribution in [3.8, 4) is 28.4 Å². The maximum atomic E-state index is 10.3. The Morgan fingerprint density at radius 2 is 1.76 bits per heavy atom. The molecule has 0 spiro atoms. The molecule has 2 heterocycles. The van der Waals surface area contributed by atoms with Gasteiger partial charge in [-0.3, -0.25) is 4.90 Å². The van der Waals surface area contributed by atoms with Crippen LogP contribution in [0.5, 0.6) is 11.5 Å². The largest absolute Gasteiger partial charge is 0.508 e. The molecule has 0 unspecified atom stereocenters. The van der Waals surface area contributed by atoms with Crippen LogP contribution in [0.25, 0.3) is 16.9 Å². The Kier molecular flexibility index (Phi) is 5.51. The van der Waals surface area contributed by atoms with E-state index >= 15 is 0 Å². The molecule has 4 rings (SSSR count). The van der Waals surface area contributed by atoms with E-state index in [9.17, 15) is 10.2 Å². The van der Waals surface area contributed by atoms with Crippen molar-refractivity contribution in [1.29, 1.82) is 0 Å². The number of rotatable bonds is 5. The van der Waals surface area contributed by atoms with E-state index in [1.165, 1.54) is 16.3 Å². The van der Waals surface area contributed by atoms with Crippen LogP contribution >= 0.6 is 0 Å². The summed E-state index contributed by atoms with van der Waals surface area (Å²) in [5.74, 6) is 0.165. The number of benzene rings is 2. The van der Waals surface area contributed by atoms with Crippen molar-refractivity contribution in [1.82, 2.24) is 19.9 Å². The maximum Gasteiger partial charge on any atom is 0.145 e. The molecule has 1 fully saturated rings. The molecule has 7 nitrogen and oxygen atoms in total. The van der Waals surface area contributed by atoms with E-state index in [1.807, 2.05) is 26.0 Å². The number of phenols is 2. The predicted octanol–water partition coefficient (Wildman–Crippen LogP) is 3.30. The van der Waals surface area contributed by atoms with E-state index in [4.69, 9.17) is 4.74 Å². The molecule has 29 heavy (non-hydrogen) atoms. The number of aromatic hydroxyl groups is 2. The van der Waals surface area contributed by atoms with Gasteiger partial charge in [0.1, 0.15) is 22.9 Å². The number of hydrogen-bond acceptors (Lipinski definition) is 6. The number of aromatic nitrogens is 3. The first-order valence-corrected chi connectivity index (χ1v) is 9.89. The lowest BCUT2D eigenvalue weighted by Crippen LogP contribution is -2.35. The fourth-order valence-electron chi connectivity index (χ4n) is 3.54. The van der Waals surface area contributed by atoms with Crippen LogP contribution in [0.2, 0.25) is 0 Å². The Morgan fingerprint density at radius 1 is 1.03 bits per heavy atom. The highest BCUT2D eigenvalue weighted by atomic mass is 16.5. The van der Waals surface area contributed by atoms with Gasteiger partial charge in [-0.2, -0.15) is 0 Å². The topological polar surface area (TPSA) is 83.6 Å². The van der Waals surface area contributed by atoms with Crippen molar-refractivity contribution in [3.63, 3.8) is 0 Å². The SMILES string of the molecule is CC(C)c1cc(-n2cc(-c3ccc(CN4CCOCC4)cc3)nn2)c(O)cc1O. The molecule has 0 atom stereocenters. The van der Waals surface area contributed by atoms with Gasteiger partial charge >= 0.3 is 0 Å². The Morgan fingerprint density at radius 3 is 2.45 bits per heavy atom. The lowest BCUT2D eigenvalue weighted by atomic mass is 10.0. The molecule has 0 saturated carbocycles. The van der Waals surface area contributed by atoms with Gasteiger partial charge in [-0.15, -0.1) is 5.10 Å². The highest BCUT2D eigenvalue weighted by Crippen LogP contribution is 2.34. The zero-order valence-electron chi connectivity index (χ0n) is 16.7. The van der Waals surface area contributed by atoms with Crippen LogP contribution in [-0.4, -0.2) is 56.4 Å². The van der Waals surface area contributed by atoms with Gasteiger partial charge in [0, 0.05) is 31.3 Å². The van der Waals surface area contributed by atoms with Crippen LogP contribution in [0.4, 0.5) is 0 Å². The third-order valence-electron chi connectivity index (χ3n) is 5.25. The first kappa shape index (κ1) is 19.4. The average Bonchev–Trinajstić information content (AvgIpc) is 3.19. The molecule has 3 aromatic rings. The summed E-state index contributed by atoms with van der Waals surface area (Å²) in [4.78, 5) is 2.38. The third-order valence-corrected chi connectivity index (χ3v) is 5.25. The fraction of sp³-hybridized carbons (Fsp3) is 0.364. The minimum absolute atomic E-state index is 0.0378. The monoisotopic (exact) mass is 394 g/mol. The number of nitrogens with zero attached hydrogens (tertiary/aromatic N) is 4. The summed E-state index contributed by atoms with van der Waals surface area (Å²) in [5, 5.41) is 28.7. The third kappa shape index (κ3) is 4.26. The van der Waals surface area contributed by atoms with Gasteiger partial charge in [0.15, 0.2) is 0 Å². The minimum Gasteiger partial charge on any atom is -0.508 e. The smallest absolute Gasteiger partial charge is 0.145 e. The van der Waals surface area contributed by atoms with Gasteiger partial charge in [-0.05, 0) is 23.1 Å². The standard InChI is InChI=1S/C22H26N4O3/c1-15(2)18-11-20(22(28)12-21(18)27)26-14-19(23-24-26)17-5-3-16(4-6-17)13-25-7-9-29-10-8-25/h3-6,11-12,14-15,27-28H,7-10,13H2,1-2H3. The van der Waals surface area contributed by atoms with Gasteiger partial charge in [0.2, 0.25) is 0 Å². The molecule has 0 bridgehead atoms. The Balaban J connectivity index is 1.54. The van der Waals surface area contributed by atoms with Crippen LogP contribution in [0, 0.1) is 0 Å². The fourth-order valence-corrected chi connectivity index (χ4v) is 3.54. The van der Waals surface area contributed by atoms with Crippen LogP contribution in [0.3, 0.4) is 0 Å². The second-order valence-electron chi connectivity index (χ2n) is 7.69. The summed E-state index contributed by atoms with van der Waals surface area (Å²) >= 11 is 0. The molecule has 1 saturated heterocycles. The van der Waals surface area contributed by atoms with Gasteiger partial charge in [-0.1, -0.05) is 43.3 Å². The molecule has 0 amide bonds. The Hall–Kier alpha value is -2.90. The van der Waals surface area contributed by atoms with E-state index in [2.05, 4.69) is 27.3 Å². The molecule has 7 heteroatoms. The highest BCUT2D eigenvalue weighted by Gasteiger charge is 2.15. The van der Waals surface area contributed by atoms with Crippen LogP contribution in [-0.2, 0) is 11.3 Å². The Labute approximate surface area is 170 Å².